The van der Waals surface area contributed by atoms with Crippen molar-refractivity contribution < 1.29 is 23.1 Å². The van der Waals surface area contributed by atoms with E-state index in [-0.39, 0.29) is 28.4 Å². The lowest BCUT2D eigenvalue weighted by molar-refractivity contribution is -0.118. The van der Waals surface area contributed by atoms with Gasteiger partial charge in [0, 0.05) is 6.54 Å². The number of amides is 1. The van der Waals surface area contributed by atoms with Gasteiger partial charge < -0.3 is 10.4 Å². The summed E-state index contributed by atoms with van der Waals surface area (Å²) in [5.41, 5.74) is -0.228. The first-order chi connectivity index (χ1) is 9.77. The van der Waals surface area contributed by atoms with Gasteiger partial charge in [-0.15, -0.1) is 0 Å². The number of halogens is 1. The van der Waals surface area contributed by atoms with Crippen molar-refractivity contribution in [3.8, 4) is 6.07 Å². The molecule has 0 spiro atoms. The molecular weight excluding hydrogens is 320 g/mol. The molecule has 0 heterocycles. The van der Waals surface area contributed by atoms with Crippen LogP contribution in [0.15, 0.2) is 23.1 Å². The van der Waals surface area contributed by atoms with Crippen molar-refractivity contribution >= 4 is 33.3 Å². The molecule has 1 rings (SSSR count). The van der Waals surface area contributed by atoms with Crippen LogP contribution in [0, 0.1) is 11.3 Å². The highest BCUT2D eigenvalue weighted by molar-refractivity contribution is 7.92. The topological polar surface area (TPSA) is 124 Å². The lowest BCUT2D eigenvalue weighted by Crippen LogP contribution is -2.31. The summed E-state index contributed by atoms with van der Waals surface area (Å²) in [6.45, 7) is 0.0591. The number of nitrogens with one attached hydrogen (secondary N) is 1. The Morgan fingerprint density at radius 1 is 1.38 bits per heavy atom. The van der Waals surface area contributed by atoms with Crippen molar-refractivity contribution in [2.45, 2.75) is 11.3 Å². The molecule has 1 aromatic rings. The van der Waals surface area contributed by atoms with Crippen LogP contribution in [0.1, 0.15) is 16.8 Å². The van der Waals surface area contributed by atoms with Gasteiger partial charge in [0.15, 0.2) is 9.84 Å². The van der Waals surface area contributed by atoms with Gasteiger partial charge in [-0.25, -0.2) is 13.2 Å². The van der Waals surface area contributed by atoms with Gasteiger partial charge in [0.05, 0.1) is 28.0 Å². The molecule has 9 heteroatoms. The van der Waals surface area contributed by atoms with Gasteiger partial charge in [0.25, 0.3) is 0 Å². The van der Waals surface area contributed by atoms with Crippen LogP contribution in [-0.4, -0.2) is 37.7 Å². The average molecular weight is 331 g/mol. The Morgan fingerprint density at radius 2 is 2.05 bits per heavy atom. The molecule has 21 heavy (non-hydrogen) atoms. The van der Waals surface area contributed by atoms with E-state index < -0.39 is 27.5 Å². The minimum Gasteiger partial charge on any atom is -0.478 e. The molecule has 0 aliphatic rings. The number of hydrogen-bond donors (Lipinski definition) is 2. The van der Waals surface area contributed by atoms with E-state index in [1.54, 1.807) is 6.07 Å². The fourth-order valence-electron chi connectivity index (χ4n) is 1.43. The number of nitrogens with zero attached hydrogens (tertiary/aromatic N) is 1. The van der Waals surface area contributed by atoms with E-state index in [2.05, 4.69) is 5.32 Å². The summed E-state index contributed by atoms with van der Waals surface area (Å²) in [6.07, 6.45) is 0.0743. The van der Waals surface area contributed by atoms with E-state index in [9.17, 15) is 18.0 Å². The molecule has 0 unspecified atom stereocenters. The van der Waals surface area contributed by atoms with Crippen LogP contribution in [0.3, 0.4) is 0 Å². The Bertz CT molecular complexity index is 709. The van der Waals surface area contributed by atoms with Gasteiger partial charge in [-0.2, -0.15) is 5.26 Å². The van der Waals surface area contributed by atoms with E-state index in [0.29, 0.717) is 0 Å². The van der Waals surface area contributed by atoms with Gasteiger partial charge >= 0.3 is 5.97 Å². The third kappa shape index (κ3) is 4.73. The lowest BCUT2D eigenvalue weighted by atomic mass is 10.2. The number of sulfone groups is 1. The average Bonchev–Trinajstić information content (AvgIpc) is 2.37. The van der Waals surface area contributed by atoms with Crippen LogP contribution in [0.25, 0.3) is 0 Å². The molecule has 1 aromatic carbocycles. The standard InChI is InChI=1S/C12H11ClN2O5S/c13-10-6-8(2-3-9(10)12(17)18)21(19,20)7-11(16)15-5-1-4-14/h2-3,6H,1,5,7H2,(H,15,16)(H,17,18). The summed E-state index contributed by atoms with van der Waals surface area (Å²) < 4.78 is 24.0. The second kappa shape index (κ2) is 7.06. The SMILES string of the molecule is N#CCCNC(=O)CS(=O)(=O)c1ccc(C(=O)O)c(Cl)c1. The van der Waals surface area contributed by atoms with Crippen molar-refractivity contribution in [3.63, 3.8) is 0 Å². The van der Waals surface area contributed by atoms with Crippen LogP contribution < -0.4 is 5.32 Å². The normalized spacial score (nSPS) is 10.7. The Morgan fingerprint density at radius 3 is 2.57 bits per heavy atom. The number of benzene rings is 1. The summed E-state index contributed by atoms with van der Waals surface area (Å²) in [4.78, 5) is 22.0. The first-order valence-electron chi connectivity index (χ1n) is 5.67. The van der Waals surface area contributed by atoms with E-state index in [0.717, 1.165) is 18.2 Å². The fourth-order valence-corrected chi connectivity index (χ4v) is 2.94. The molecule has 2 N–H and O–H groups in total. The quantitative estimate of drug-likeness (QED) is 0.745. The smallest absolute Gasteiger partial charge is 0.337 e. The first-order valence-corrected chi connectivity index (χ1v) is 7.70. The van der Waals surface area contributed by atoms with E-state index in [1.165, 1.54) is 0 Å². The van der Waals surface area contributed by atoms with Crippen molar-refractivity contribution in [2.24, 2.45) is 0 Å². The highest BCUT2D eigenvalue weighted by atomic mass is 35.5. The predicted octanol–water partition coefficient (Wildman–Crippen LogP) is 0.842. The molecule has 0 atom stereocenters. The molecule has 0 fully saturated rings. The predicted molar refractivity (Wildman–Crippen MR) is 73.7 cm³/mol. The summed E-state index contributed by atoms with van der Waals surface area (Å²) in [5.74, 6) is -2.83. The van der Waals surface area contributed by atoms with Crippen LogP contribution >= 0.6 is 11.6 Å². The minimum atomic E-state index is -3.93. The molecule has 1 amide bonds. The summed E-state index contributed by atoms with van der Waals surface area (Å²) >= 11 is 5.69. The Balaban J connectivity index is 2.89. The minimum absolute atomic E-state index is 0.0591. The summed E-state index contributed by atoms with van der Waals surface area (Å²) in [6, 6.07) is 4.93. The van der Waals surface area contributed by atoms with Gasteiger partial charge in [-0.3, -0.25) is 4.79 Å². The Kier molecular flexibility index (Phi) is 5.69. The maximum atomic E-state index is 12.0. The molecule has 0 aromatic heterocycles. The molecule has 112 valence electrons. The molecule has 7 nitrogen and oxygen atoms in total. The molecule has 0 aliphatic heterocycles. The van der Waals surface area contributed by atoms with Crippen molar-refractivity contribution in [1.82, 2.24) is 5.32 Å². The van der Waals surface area contributed by atoms with Crippen molar-refractivity contribution in [1.29, 1.82) is 5.26 Å². The van der Waals surface area contributed by atoms with Crippen molar-refractivity contribution in [3.05, 3.63) is 28.8 Å². The number of carboxylic acid groups (broad SMARTS) is 1. The molecule has 0 aliphatic carbocycles. The molecule has 0 saturated heterocycles. The number of aromatic carboxylic acids is 1. The molecular formula is C12H11ClN2O5S. The summed E-state index contributed by atoms with van der Waals surface area (Å²) in [7, 11) is -3.93. The number of carbonyl (C=O) groups excluding carboxylic acids is 1. The second-order valence-electron chi connectivity index (χ2n) is 3.96. The number of rotatable bonds is 6. The number of hydrogen-bond acceptors (Lipinski definition) is 5. The number of carboxylic acids is 1. The van der Waals surface area contributed by atoms with E-state index >= 15 is 0 Å². The lowest BCUT2D eigenvalue weighted by Gasteiger charge is -2.06. The van der Waals surface area contributed by atoms with Crippen LogP contribution in [0.5, 0.6) is 0 Å². The van der Waals surface area contributed by atoms with E-state index in [1.807, 2.05) is 0 Å². The molecule has 0 radical (unpaired) electrons. The highest BCUT2D eigenvalue weighted by Gasteiger charge is 2.21. The zero-order valence-corrected chi connectivity index (χ0v) is 12.2. The van der Waals surface area contributed by atoms with Gasteiger partial charge in [-0.1, -0.05) is 11.6 Å². The monoisotopic (exact) mass is 330 g/mol. The third-order valence-corrected chi connectivity index (χ3v) is 4.34. The highest BCUT2D eigenvalue weighted by Crippen LogP contribution is 2.21. The number of nitriles is 1. The van der Waals surface area contributed by atoms with Crippen LogP contribution in [-0.2, 0) is 14.6 Å². The fraction of sp³-hybridized carbons (Fsp3) is 0.250. The van der Waals surface area contributed by atoms with Gasteiger partial charge in [0.1, 0.15) is 5.75 Å². The van der Waals surface area contributed by atoms with E-state index in [4.69, 9.17) is 22.0 Å². The Labute approximate surface area is 126 Å². The van der Waals surface area contributed by atoms with Crippen LogP contribution in [0.4, 0.5) is 0 Å². The third-order valence-electron chi connectivity index (χ3n) is 2.41. The van der Waals surface area contributed by atoms with Crippen LogP contribution in [0.2, 0.25) is 5.02 Å². The van der Waals surface area contributed by atoms with Crippen molar-refractivity contribution in [2.75, 3.05) is 12.3 Å². The number of carbonyl (C=O) groups is 2. The second-order valence-corrected chi connectivity index (χ2v) is 6.36. The maximum absolute atomic E-state index is 12.0. The maximum Gasteiger partial charge on any atom is 0.337 e. The first kappa shape index (κ1) is 16.9. The largest absolute Gasteiger partial charge is 0.478 e. The zero-order valence-electron chi connectivity index (χ0n) is 10.7. The Hall–Kier alpha value is -2.11. The molecule has 0 bridgehead atoms. The zero-order chi connectivity index (χ0) is 16.0. The summed E-state index contributed by atoms with van der Waals surface area (Å²) in [5, 5.41) is 19.2. The van der Waals surface area contributed by atoms with Gasteiger partial charge in [0.2, 0.25) is 5.91 Å². The van der Waals surface area contributed by atoms with Gasteiger partial charge in [-0.05, 0) is 18.2 Å². The molecule has 0 saturated carbocycles.